The number of anilines is 1. The van der Waals surface area contributed by atoms with E-state index in [1.807, 2.05) is 56.3 Å². The summed E-state index contributed by atoms with van der Waals surface area (Å²) in [5, 5.41) is 11.9. The van der Waals surface area contributed by atoms with Crippen molar-refractivity contribution in [2.75, 3.05) is 18.1 Å². The Kier molecular flexibility index (Phi) is 7.47. The molecule has 0 saturated heterocycles. The molecule has 0 bridgehead atoms. The Morgan fingerprint density at radius 3 is 2.33 bits per heavy atom. The first-order chi connectivity index (χ1) is 18.9. The lowest BCUT2D eigenvalue weighted by Crippen LogP contribution is -2.31. The van der Waals surface area contributed by atoms with Crippen molar-refractivity contribution in [3.8, 4) is 22.1 Å². The van der Waals surface area contributed by atoms with E-state index >= 15 is 0 Å². The Morgan fingerprint density at radius 1 is 0.949 bits per heavy atom. The second-order valence-electron chi connectivity index (χ2n) is 8.90. The SMILES string of the molecule is CCOc1ccc(C2C(C(=O)c3sc(-c4ccccc4)nc3C)=C(O)C(=O)N2c2cccc(OCC)c2)cc1. The van der Waals surface area contributed by atoms with Gasteiger partial charge in [-0.2, -0.15) is 0 Å². The van der Waals surface area contributed by atoms with Crippen LogP contribution in [0.1, 0.15) is 40.8 Å². The number of hydrogen-bond acceptors (Lipinski definition) is 7. The molecule has 0 saturated carbocycles. The first-order valence-electron chi connectivity index (χ1n) is 12.7. The highest BCUT2D eigenvalue weighted by atomic mass is 32.1. The highest BCUT2D eigenvalue weighted by Crippen LogP contribution is 2.44. The van der Waals surface area contributed by atoms with Gasteiger partial charge in [-0.3, -0.25) is 14.5 Å². The molecule has 3 aromatic carbocycles. The van der Waals surface area contributed by atoms with Crippen LogP contribution in [0.2, 0.25) is 0 Å². The fourth-order valence-electron chi connectivity index (χ4n) is 4.66. The third-order valence-corrected chi connectivity index (χ3v) is 7.60. The van der Waals surface area contributed by atoms with E-state index in [0.29, 0.717) is 51.5 Å². The molecular weight excluding hydrogens is 512 g/mol. The lowest BCUT2D eigenvalue weighted by Gasteiger charge is -2.27. The van der Waals surface area contributed by atoms with Crippen LogP contribution in [0, 0.1) is 6.92 Å². The van der Waals surface area contributed by atoms with Gasteiger partial charge in [0.15, 0.2) is 5.76 Å². The van der Waals surface area contributed by atoms with Gasteiger partial charge in [-0.25, -0.2) is 4.98 Å². The molecule has 198 valence electrons. The van der Waals surface area contributed by atoms with Crippen molar-refractivity contribution in [1.29, 1.82) is 0 Å². The number of carbonyl (C=O) groups excluding carboxylic acids is 2. The molecule has 1 N–H and O–H groups in total. The number of aliphatic hydroxyl groups is 1. The predicted molar refractivity (Wildman–Crippen MR) is 152 cm³/mol. The van der Waals surface area contributed by atoms with Gasteiger partial charge >= 0.3 is 0 Å². The monoisotopic (exact) mass is 540 g/mol. The summed E-state index contributed by atoms with van der Waals surface area (Å²) in [5.74, 6) is -0.410. The van der Waals surface area contributed by atoms with Crippen LogP contribution < -0.4 is 14.4 Å². The van der Waals surface area contributed by atoms with E-state index in [2.05, 4.69) is 4.98 Å². The Balaban J connectivity index is 1.61. The first kappa shape index (κ1) is 26.2. The fraction of sp³-hybridized carbons (Fsp3) is 0.194. The summed E-state index contributed by atoms with van der Waals surface area (Å²) < 4.78 is 11.2. The van der Waals surface area contributed by atoms with Gasteiger partial charge in [-0.05, 0) is 50.6 Å². The Morgan fingerprint density at radius 2 is 1.64 bits per heavy atom. The van der Waals surface area contributed by atoms with Crippen LogP contribution in [0.3, 0.4) is 0 Å². The smallest absolute Gasteiger partial charge is 0.294 e. The number of ether oxygens (including phenoxy) is 2. The molecule has 0 spiro atoms. The normalized spacial score (nSPS) is 15.1. The first-order valence-corrected chi connectivity index (χ1v) is 13.5. The third-order valence-electron chi connectivity index (χ3n) is 6.39. The summed E-state index contributed by atoms with van der Waals surface area (Å²) in [4.78, 5) is 34.1. The third kappa shape index (κ3) is 5.03. The van der Waals surface area contributed by atoms with E-state index in [9.17, 15) is 14.7 Å². The molecule has 1 amide bonds. The van der Waals surface area contributed by atoms with Crippen molar-refractivity contribution in [2.24, 2.45) is 0 Å². The molecule has 39 heavy (non-hydrogen) atoms. The number of nitrogens with zero attached hydrogens (tertiary/aromatic N) is 2. The zero-order chi connectivity index (χ0) is 27.5. The largest absolute Gasteiger partial charge is 0.503 e. The van der Waals surface area contributed by atoms with E-state index in [4.69, 9.17) is 9.47 Å². The standard InChI is InChI=1S/C31H28N2O5S/c1-4-37-23-16-14-20(15-17-23)26-25(27(34)29-19(3)32-30(39-29)21-10-7-6-8-11-21)28(35)31(36)33(26)22-12-9-13-24(18-22)38-5-2/h6-18,26,35H,4-5H2,1-3H3. The van der Waals surface area contributed by atoms with Crippen molar-refractivity contribution < 1.29 is 24.2 Å². The summed E-state index contributed by atoms with van der Waals surface area (Å²) in [7, 11) is 0. The molecule has 1 atom stereocenters. The average Bonchev–Trinajstić information content (AvgIpc) is 3.47. The molecule has 7 nitrogen and oxygen atoms in total. The number of amides is 1. The molecule has 0 radical (unpaired) electrons. The highest BCUT2D eigenvalue weighted by molar-refractivity contribution is 7.17. The van der Waals surface area contributed by atoms with Crippen molar-refractivity contribution in [3.05, 3.63) is 106 Å². The molecule has 2 heterocycles. The molecule has 0 fully saturated rings. The van der Waals surface area contributed by atoms with E-state index in [0.717, 1.165) is 5.56 Å². The van der Waals surface area contributed by atoms with Crippen LogP contribution in [-0.4, -0.2) is 35.0 Å². The second kappa shape index (κ2) is 11.1. The summed E-state index contributed by atoms with van der Waals surface area (Å²) >= 11 is 1.25. The maximum atomic E-state index is 14.1. The number of aryl methyl sites for hydroxylation is 1. The van der Waals surface area contributed by atoms with Gasteiger partial charge in [0.1, 0.15) is 16.5 Å². The number of benzene rings is 3. The molecule has 1 unspecified atom stereocenters. The number of ketones is 1. The lowest BCUT2D eigenvalue weighted by molar-refractivity contribution is -0.117. The van der Waals surface area contributed by atoms with Crippen molar-refractivity contribution >= 4 is 28.7 Å². The number of Topliss-reactive ketones (excluding diaryl/α,β-unsaturated/α-hetero) is 1. The quantitative estimate of drug-likeness (QED) is 0.238. The number of aliphatic hydroxyl groups excluding tert-OH is 1. The fourth-order valence-corrected chi connectivity index (χ4v) is 5.68. The predicted octanol–water partition coefficient (Wildman–Crippen LogP) is 6.70. The Hall–Kier alpha value is -4.43. The van der Waals surface area contributed by atoms with Gasteiger partial charge in [0, 0.05) is 17.3 Å². The molecule has 1 aliphatic heterocycles. The minimum absolute atomic E-state index is 0.0114. The van der Waals surface area contributed by atoms with Crippen LogP contribution in [0.5, 0.6) is 11.5 Å². The summed E-state index contributed by atoms with van der Waals surface area (Å²) in [6.45, 7) is 6.51. The van der Waals surface area contributed by atoms with Gasteiger partial charge in [-0.15, -0.1) is 11.3 Å². The second-order valence-corrected chi connectivity index (χ2v) is 9.90. The highest BCUT2D eigenvalue weighted by Gasteiger charge is 2.45. The zero-order valence-electron chi connectivity index (χ0n) is 21.9. The minimum atomic E-state index is -0.862. The number of thiazole rings is 1. The zero-order valence-corrected chi connectivity index (χ0v) is 22.7. The van der Waals surface area contributed by atoms with Crippen LogP contribution in [0.25, 0.3) is 10.6 Å². The maximum absolute atomic E-state index is 14.1. The van der Waals surface area contributed by atoms with Crippen LogP contribution in [-0.2, 0) is 4.79 Å². The lowest BCUT2D eigenvalue weighted by atomic mass is 9.94. The molecular formula is C31H28N2O5S. The summed E-state index contributed by atoms with van der Waals surface area (Å²) in [6.07, 6.45) is 0. The number of hydrogen-bond donors (Lipinski definition) is 1. The number of aromatic nitrogens is 1. The minimum Gasteiger partial charge on any atom is -0.503 e. The van der Waals surface area contributed by atoms with E-state index in [1.54, 1.807) is 43.3 Å². The van der Waals surface area contributed by atoms with E-state index in [-0.39, 0.29) is 5.57 Å². The van der Waals surface area contributed by atoms with Crippen LogP contribution in [0.15, 0.2) is 90.2 Å². The number of rotatable bonds is 9. The molecule has 1 aliphatic rings. The number of carbonyl (C=O) groups is 2. The van der Waals surface area contributed by atoms with Crippen molar-refractivity contribution in [3.63, 3.8) is 0 Å². The van der Waals surface area contributed by atoms with Gasteiger partial charge < -0.3 is 14.6 Å². The van der Waals surface area contributed by atoms with Crippen molar-refractivity contribution in [2.45, 2.75) is 26.8 Å². The van der Waals surface area contributed by atoms with E-state index < -0.39 is 23.5 Å². The van der Waals surface area contributed by atoms with E-state index in [1.165, 1.54) is 16.2 Å². The molecule has 8 heteroatoms. The average molecular weight is 541 g/mol. The van der Waals surface area contributed by atoms with Gasteiger partial charge in [0.2, 0.25) is 5.78 Å². The Labute approximate surface area is 231 Å². The molecule has 1 aromatic heterocycles. The maximum Gasteiger partial charge on any atom is 0.294 e. The van der Waals surface area contributed by atoms with Crippen molar-refractivity contribution in [1.82, 2.24) is 4.98 Å². The van der Waals surface area contributed by atoms with Gasteiger partial charge in [-0.1, -0.05) is 48.5 Å². The van der Waals surface area contributed by atoms with Gasteiger partial charge in [0.05, 0.1) is 35.4 Å². The molecule has 5 rings (SSSR count). The van der Waals surface area contributed by atoms with Crippen LogP contribution >= 0.6 is 11.3 Å². The molecule has 0 aliphatic carbocycles. The summed E-state index contributed by atoms with van der Waals surface area (Å²) in [5.41, 5.74) is 2.61. The molecule has 4 aromatic rings. The Bertz CT molecular complexity index is 1540. The van der Waals surface area contributed by atoms with Crippen LogP contribution in [0.4, 0.5) is 5.69 Å². The van der Waals surface area contributed by atoms with Gasteiger partial charge in [0.25, 0.3) is 5.91 Å². The topological polar surface area (TPSA) is 89.0 Å². The summed E-state index contributed by atoms with van der Waals surface area (Å²) in [6, 6.07) is 23.0.